The first kappa shape index (κ1) is 19.9. The summed E-state index contributed by atoms with van der Waals surface area (Å²) in [5.74, 6) is 1.69. The number of anilines is 2. The summed E-state index contributed by atoms with van der Waals surface area (Å²) in [6, 6.07) is 7.03. The fraction of sp³-hybridized carbons (Fsp3) is 0.476. The summed E-state index contributed by atoms with van der Waals surface area (Å²) in [4.78, 5) is 26.3. The first-order valence-electron chi connectivity index (χ1n) is 9.97. The Kier molecular flexibility index (Phi) is 5.61. The van der Waals surface area contributed by atoms with Crippen LogP contribution >= 0.6 is 11.6 Å². The van der Waals surface area contributed by atoms with Crippen LogP contribution in [0.5, 0.6) is 0 Å². The van der Waals surface area contributed by atoms with E-state index in [4.69, 9.17) is 21.3 Å². The SMILES string of the molecule is Cc1nc2c(c(N3C[C@@H](C)O[C@@H](C)C3)n1)CN(C(=O)Nc1cccc(Cl)c1)CC2. The highest BCUT2D eigenvalue weighted by Crippen LogP contribution is 2.29. The number of hydrogen-bond donors (Lipinski definition) is 1. The smallest absolute Gasteiger partial charge is 0.322 e. The van der Waals surface area contributed by atoms with E-state index in [1.165, 1.54) is 0 Å². The average Bonchev–Trinajstić information content (AvgIpc) is 2.66. The van der Waals surface area contributed by atoms with Gasteiger partial charge in [-0.3, -0.25) is 0 Å². The number of nitrogens with zero attached hydrogens (tertiary/aromatic N) is 4. The van der Waals surface area contributed by atoms with Crippen LogP contribution in [-0.2, 0) is 17.7 Å². The highest BCUT2D eigenvalue weighted by Gasteiger charge is 2.30. The standard InChI is InChI=1S/C21H26ClN5O2/c1-13-10-27(11-14(2)29-13)20-18-12-26(8-7-19(18)23-15(3)24-20)21(28)25-17-6-4-5-16(22)9-17/h4-6,9,13-14H,7-8,10-12H2,1-3H3,(H,25,28)/t13-,14+. The summed E-state index contributed by atoms with van der Waals surface area (Å²) in [7, 11) is 0. The molecule has 2 amide bonds. The monoisotopic (exact) mass is 415 g/mol. The number of rotatable bonds is 2. The van der Waals surface area contributed by atoms with E-state index in [0.29, 0.717) is 30.2 Å². The van der Waals surface area contributed by atoms with Crippen LogP contribution in [0.15, 0.2) is 24.3 Å². The molecule has 3 heterocycles. The van der Waals surface area contributed by atoms with Gasteiger partial charge >= 0.3 is 6.03 Å². The molecule has 0 spiro atoms. The number of aromatic nitrogens is 2. The number of fused-ring (bicyclic) bond motifs is 1. The maximum Gasteiger partial charge on any atom is 0.322 e. The van der Waals surface area contributed by atoms with Crippen molar-refractivity contribution in [3.8, 4) is 0 Å². The summed E-state index contributed by atoms with van der Waals surface area (Å²) >= 11 is 6.03. The summed E-state index contributed by atoms with van der Waals surface area (Å²) < 4.78 is 5.88. The van der Waals surface area contributed by atoms with Gasteiger partial charge in [-0.15, -0.1) is 0 Å². The normalized spacial score (nSPS) is 21.7. The number of ether oxygens (including phenoxy) is 1. The highest BCUT2D eigenvalue weighted by molar-refractivity contribution is 6.30. The number of aryl methyl sites for hydroxylation is 1. The molecule has 2 aliphatic heterocycles. The van der Waals surface area contributed by atoms with Gasteiger partial charge < -0.3 is 19.9 Å². The van der Waals surface area contributed by atoms with E-state index < -0.39 is 0 Å². The van der Waals surface area contributed by atoms with E-state index in [0.717, 1.165) is 36.0 Å². The molecule has 0 bridgehead atoms. The molecule has 154 valence electrons. The fourth-order valence-corrected chi connectivity index (χ4v) is 4.26. The molecule has 29 heavy (non-hydrogen) atoms. The van der Waals surface area contributed by atoms with E-state index >= 15 is 0 Å². The molecule has 1 fully saturated rings. The van der Waals surface area contributed by atoms with Gasteiger partial charge in [-0.05, 0) is 39.0 Å². The zero-order valence-corrected chi connectivity index (χ0v) is 17.7. The molecule has 0 saturated carbocycles. The van der Waals surface area contributed by atoms with Gasteiger partial charge in [0.25, 0.3) is 0 Å². The Bertz CT molecular complexity index is 912. The quantitative estimate of drug-likeness (QED) is 0.810. The van der Waals surface area contributed by atoms with E-state index in [2.05, 4.69) is 29.0 Å². The number of halogens is 1. The second-order valence-electron chi connectivity index (χ2n) is 7.79. The maximum atomic E-state index is 12.8. The van der Waals surface area contributed by atoms with Gasteiger partial charge in [0.2, 0.25) is 0 Å². The molecule has 7 nitrogen and oxygen atoms in total. The van der Waals surface area contributed by atoms with E-state index in [-0.39, 0.29) is 18.2 Å². The number of hydrogen-bond acceptors (Lipinski definition) is 5. The van der Waals surface area contributed by atoms with Gasteiger partial charge in [0.05, 0.1) is 24.4 Å². The van der Waals surface area contributed by atoms with Crippen LogP contribution in [0.3, 0.4) is 0 Å². The number of benzene rings is 1. The van der Waals surface area contributed by atoms with Gasteiger partial charge in [-0.25, -0.2) is 14.8 Å². The Morgan fingerprint density at radius 3 is 2.72 bits per heavy atom. The molecular weight excluding hydrogens is 390 g/mol. The van der Waals surface area contributed by atoms with E-state index in [1.54, 1.807) is 17.0 Å². The zero-order valence-electron chi connectivity index (χ0n) is 17.0. The van der Waals surface area contributed by atoms with Crippen molar-refractivity contribution in [3.63, 3.8) is 0 Å². The van der Waals surface area contributed by atoms with Crippen molar-refractivity contribution in [3.05, 3.63) is 46.4 Å². The first-order chi connectivity index (χ1) is 13.9. The number of urea groups is 1. The van der Waals surface area contributed by atoms with Crippen LogP contribution in [-0.4, -0.2) is 52.7 Å². The van der Waals surface area contributed by atoms with Crippen molar-refractivity contribution < 1.29 is 9.53 Å². The van der Waals surface area contributed by atoms with Crippen LogP contribution in [0.1, 0.15) is 30.9 Å². The Labute approximate surface area is 176 Å². The Morgan fingerprint density at radius 2 is 2.00 bits per heavy atom. The molecule has 2 atom stereocenters. The zero-order chi connectivity index (χ0) is 20.5. The minimum atomic E-state index is -0.145. The summed E-state index contributed by atoms with van der Waals surface area (Å²) in [5.41, 5.74) is 2.75. The van der Waals surface area contributed by atoms with Crippen LogP contribution in [0, 0.1) is 6.92 Å². The molecule has 1 N–H and O–H groups in total. The van der Waals surface area contributed by atoms with Crippen molar-refractivity contribution >= 4 is 29.1 Å². The highest BCUT2D eigenvalue weighted by atomic mass is 35.5. The second-order valence-corrected chi connectivity index (χ2v) is 8.23. The third-order valence-corrected chi connectivity index (χ3v) is 5.47. The van der Waals surface area contributed by atoms with Gasteiger partial charge in [0, 0.05) is 42.3 Å². The van der Waals surface area contributed by atoms with E-state index in [1.807, 2.05) is 19.1 Å². The van der Waals surface area contributed by atoms with E-state index in [9.17, 15) is 4.79 Å². The average molecular weight is 416 g/mol. The lowest BCUT2D eigenvalue weighted by Crippen LogP contribution is -2.47. The van der Waals surface area contributed by atoms with Crippen molar-refractivity contribution in [2.45, 2.75) is 45.9 Å². The van der Waals surface area contributed by atoms with Crippen molar-refractivity contribution in [1.29, 1.82) is 0 Å². The molecule has 0 unspecified atom stereocenters. The van der Waals surface area contributed by atoms with Gasteiger partial charge in [0.15, 0.2) is 0 Å². The minimum Gasteiger partial charge on any atom is -0.372 e. The Morgan fingerprint density at radius 1 is 1.24 bits per heavy atom. The lowest BCUT2D eigenvalue weighted by atomic mass is 10.0. The lowest BCUT2D eigenvalue weighted by Gasteiger charge is -2.38. The van der Waals surface area contributed by atoms with Crippen molar-refractivity contribution in [1.82, 2.24) is 14.9 Å². The van der Waals surface area contributed by atoms with Crippen LogP contribution < -0.4 is 10.2 Å². The van der Waals surface area contributed by atoms with Gasteiger partial charge in [-0.2, -0.15) is 0 Å². The molecule has 1 aromatic heterocycles. The predicted octanol–water partition coefficient (Wildman–Crippen LogP) is 3.64. The molecule has 2 aromatic rings. The van der Waals surface area contributed by atoms with Crippen LogP contribution in [0.2, 0.25) is 5.02 Å². The number of morpholine rings is 1. The summed E-state index contributed by atoms with van der Waals surface area (Å²) in [6.45, 7) is 8.74. The van der Waals surface area contributed by atoms with Gasteiger partial charge in [0.1, 0.15) is 11.6 Å². The summed E-state index contributed by atoms with van der Waals surface area (Å²) in [5, 5.41) is 3.53. The Balaban J connectivity index is 1.57. The second kappa shape index (κ2) is 8.16. The molecule has 1 saturated heterocycles. The number of nitrogens with one attached hydrogen (secondary N) is 1. The van der Waals surface area contributed by atoms with Crippen molar-refractivity contribution in [2.75, 3.05) is 29.9 Å². The molecule has 4 rings (SSSR count). The Hall–Kier alpha value is -2.38. The molecule has 2 aliphatic rings. The minimum absolute atomic E-state index is 0.135. The molecular formula is C21H26ClN5O2. The lowest BCUT2D eigenvalue weighted by molar-refractivity contribution is -0.00557. The number of carbonyl (C=O) groups is 1. The van der Waals surface area contributed by atoms with Gasteiger partial charge in [-0.1, -0.05) is 17.7 Å². The molecule has 0 radical (unpaired) electrons. The van der Waals surface area contributed by atoms with Crippen LogP contribution in [0.25, 0.3) is 0 Å². The third-order valence-electron chi connectivity index (χ3n) is 5.23. The molecule has 8 heteroatoms. The van der Waals surface area contributed by atoms with Crippen molar-refractivity contribution in [2.24, 2.45) is 0 Å². The topological polar surface area (TPSA) is 70.6 Å². The predicted molar refractivity (Wildman–Crippen MR) is 114 cm³/mol. The number of amides is 2. The largest absolute Gasteiger partial charge is 0.372 e. The first-order valence-corrected chi connectivity index (χ1v) is 10.3. The third kappa shape index (κ3) is 4.46. The molecule has 0 aliphatic carbocycles. The van der Waals surface area contributed by atoms with Crippen LogP contribution in [0.4, 0.5) is 16.3 Å². The summed E-state index contributed by atoms with van der Waals surface area (Å²) in [6.07, 6.45) is 0.982. The molecule has 1 aromatic carbocycles. The fourth-order valence-electron chi connectivity index (χ4n) is 4.07. The number of carbonyl (C=O) groups excluding carboxylic acids is 1. The maximum absolute atomic E-state index is 12.8.